The second-order valence-corrected chi connectivity index (χ2v) is 7.66. The number of imidazole rings is 1. The molecular weight excluding hydrogens is 298 g/mol. The number of aryl methyl sites for hydroxylation is 1. The number of nitrogens with zero attached hydrogens (tertiary/aromatic N) is 3. The van der Waals surface area contributed by atoms with Crippen LogP contribution in [0.3, 0.4) is 0 Å². The van der Waals surface area contributed by atoms with E-state index in [1.807, 2.05) is 7.05 Å². The molecule has 3 atom stereocenters. The SMILES string of the molecule is COC(=O)C1C(Cn2cc[n+](C)c2)S(=O)(=O)C2CC(=O)N12. The number of hydrogen-bond acceptors (Lipinski definition) is 5. The van der Waals surface area contributed by atoms with Gasteiger partial charge in [-0.05, 0) is 0 Å². The molecule has 0 aliphatic carbocycles. The second-order valence-electron chi connectivity index (χ2n) is 5.33. The molecule has 1 amide bonds. The summed E-state index contributed by atoms with van der Waals surface area (Å²) >= 11 is 0. The van der Waals surface area contributed by atoms with Gasteiger partial charge in [-0.15, -0.1) is 0 Å². The van der Waals surface area contributed by atoms with E-state index >= 15 is 0 Å². The summed E-state index contributed by atoms with van der Waals surface area (Å²) in [5.74, 6) is -1.00. The third kappa shape index (κ3) is 1.95. The van der Waals surface area contributed by atoms with Gasteiger partial charge in [-0.3, -0.25) is 4.79 Å². The molecule has 3 rings (SSSR count). The Kier molecular flexibility index (Phi) is 3.05. The molecule has 3 heterocycles. The number of methoxy groups -OCH3 is 1. The molecule has 0 N–H and O–H groups in total. The number of aromatic nitrogens is 2. The van der Waals surface area contributed by atoms with Gasteiger partial charge in [-0.2, -0.15) is 0 Å². The molecule has 21 heavy (non-hydrogen) atoms. The maximum absolute atomic E-state index is 12.5. The van der Waals surface area contributed by atoms with Crippen molar-refractivity contribution in [3.63, 3.8) is 0 Å². The van der Waals surface area contributed by atoms with Crippen LogP contribution in [-0.4, -0.2) is 53.5 Å². The zero-order valence-corrected chi connectivity index (χ0v) is 12.5. The molecule has 0 spiro atoms. The lowest BCUT2D eigenvalue weighted by atomic mass is 10.1. The molecular formula is C12H16N3O5S+. The number of sulfone groups is 1. The average Bonchev–Trinajstić information content (AvgIpc) is 2.90. The lowest BCUT2D eigenvalue weighted by molar-refractivity contribution is -0.671. The highest BCUT2D eigenvalue weighted by Crippen LogP contribution is 2.40. The van der Waals surface area contributed by atoms with Crippen LogP contribution in [0.25, 0.3) is 0 Å². The number of amides is 1. The number of fused-ring (bicyclic) bond motifs is 1. The maximum Gasteiger partial charge on any atom is 0.330 e. The van der Waals surface area contributed by atoms with Gasteiger partial charge in [0, 0.05) is 0 Å². The first-order chi connectivity index (χ1) is 9.86. The highest BCUT2D eigenvalue weighted by atomic mass is 32.2. The van der Waals surface area contributed by atoms with Gasteiger partial charge in [0.15, 0.2) is 15.9 Å². The highest BCUT2D eigenvalue weighted by Gasteiger charge is 2.64. The fourth-order valence-corrected chi connectivity index (χ4v) is 5.30. The summed E-state index contributed by atoms with van der Waals surface area (Å²) in [6.45, 7) is 0.114. The van der Waals surface area contributed by atoms with E-state index in [1.54, 1.807) is 27.9 Å². The van der Waals surface area contributed by atoms with Crippen molar-refractivity contribution in [2.45, 2.75) is 29.6 Å². The van der Waals surface area contributed by atoms with E-state index in [1.165, 1.54) is 7.11 Å². The van der Waals surface area contributed by atoms with Crippen molar-refractivity contribution >= 4 is 21.7 Å². The van der Waals surface area contributed by atoms with Crippen molar-refractivity contribution in [1.82, 2.24) is 9.47 Å². The Morgan fingerprint density at radius 3 is 2.76 bits per heavy atom. The number of carbonyl (C=O) groups excluding carboxylic acids is 2. The molecule has 3 unspecified atom stereocenters. The summed E-state index contributed by atoms with van der Waals surface area (Å²) in [5, 5.41) is -1.86. The molecule has 0 bridgehead atoms. The lowest BCUT2D eigenvalue weighted by Crippen LogP contribution is -2.56. The third-order valence-corrected chi connectivity index (χ3v) is 6.46. The Bertz CT molecular complexity index is 710. The van der Waals surface area contributed by atoms with Gasteiger partial charge in [0.05, 0.1) is 20.6 Å². The van der Waals surface area contributed by atoms with E-state index in [9.17, 15) is 18.0 Å². The molecule has 2 aliphatic rings. The molecule has 2 saturated heterocycles. The van der Waals surface area contributed by atoms with E-state index in [0.29, 0.717) is 0 Å². The minimum atomic E-state index is -3.58. The van der Waals surface area contributed by atoms with E-state index in [0.717, 1.165) is 4.90 Å². The summed E-state index contributed by atoms with van der Waals surface area (Å²) in [6, 6.07) is -1.06. The van der Waals surface area contributed by atoms with E-state index in [-0.39, 0.29) is 18.9 Å². The zero-order chi connectivity index (χ0) is 15.4. The van der Waals surface area contributed by atoms with Crippen molar-refractivity contribution in [3.8, 4) is 0 Å². The van der Waals surface area contributed by atoms with E-state index in [2.05, 4.69) is 4.74 Å². The molecule has 114 valence electrons. The number of β-lactam (4-membered cyclic amide) rings is 1. The monoisotopic (exact) mass is 314 g/mol. The van der Waals surface area contributed by atoms with Crippen LogP contribution in [0, 0.1) is 0 Å². The fraction of sp³-hybridized carbons (Fsp3) is 0.583. The number of hydrogen-bond donors (Lipinski definition) is 0. The molecule has 8 nitrogen and oxygen atoms in total. The molecule has 0 aromatic carbocycles. The quantitative estimate of drug-likeness (QED) is 0.373. The van der Waals surface area contributed by atoms with Crippen molar-refractivity contribution in [2.24, 2.45) is 7.05 Å². The Hall–Kier alpha value is -1.90. The molecule has 0 radical (unpaired) electrons. The van der Waals surface area contributed by atoms with Crippen LogP contribution in [-0.2, 0) is 37.8 Å². The van der Waals surface area contributed by atoms with Gasteiger partial charge < -0.3 is 9.64 Å². The van der Waals surface area contributed by atoms with Crippen LogP contribution in [0.1, 0.15) is 6.42 Å². The Labute approximate surface area is 121 Å². The van der Waals surface area contributed by atoms with Crippen LogP contribution in [0.2, 0.25) is 0 Å². The Morgan fingerprint density at radius 1 is 1.52 bits per heavy atom. The minimum Gasteiger partial charge on any atom is -0.467 e. The first-order valence-electron chi connectivity index (χ1n) is 6.49. The predicted octanol–water partition coefficient (Wildman–Crippen LogP) is -1.79. The van der Waals surface area contributed by atoms with Crippen LogP contribution < -0.4 is 4.57 Å². The van der Waals surface area contributed by atoms with Gasteiger partial charge in [0.1, 0.15) is 29.6 Å². The summed E-state index contributed by atoms with van der Waals surface area (Å²) in [7, 11) is -0.573. The van der Waals surface area contributed by atoms with Gasteiger partial charge in [0.25, 0.3) is 0 Å². The summed E-state index contributed by atoms with van der Waals surface area (Å²) in [6.07, 6.45) is 5.17. The maximum atomic E-state index is 12.5. The normalized spacial score (nSPS) is 29.9. The first-order valence-corrected chi connectivity index (χ1v) is 8.10. The van der Waals surface area contributed by atoms with Gasteiger partial charge in [-0.1, -0.05) is 0 Å². The van der Waals surface area contributed by atoms with Gasteiger partial charge in [0.2, 0.25) is 12.2 Å². The molecule has 1 aromatic heterocycles. The van der Waals surface area contributed by atoms with Gasteiger partial charge in [-0.25, -0.2) is 22.3 Å². The summed E-state index contributed by atoms with van der Waals surface area (Å²) in [4.78, 5) is 24.8. The van der Waals surface area contributed by atoms with Crippen molar-refractivity contribution < 1.29 is 27.3 Å². The number of rotatable bonds is 3. The smallest absolute Gasteiger partial charge is 0.330 e. The van der Waals surface area contributed by atoms with Crippen molar-refractivity contribution in [3.05, 3.63) is 18.7 Å². The highest BCUT2D eigenvalue weighted by molar-refractivity contribution is 7.93. The van der Waals surface area contributed by atoms with Gasteiger partial charge >= 0.3 is 5.97 Å². The van der Waals surface area contributed by atoms with Crippen LogP contribution in [0.5, 0.6) is 0 Å². The predicted molar refractivity (Wildman–Crippen MR) is 69.4 cm³/mol. The molecule has 2 fully saturated rings. The molecule has 9 heteroatoms. The van der Waals surface area contributed by atoms with Crippen molar-refractivity contribution in [2.75, 3.05) is 7.11 Å². The fourth-order valence-electron chi connectivity index (χ4n) is 2.98. The Morgan fingerprint density at radius 2 is 2.24 bits per heavy atom. The standard InChI is InChI=1S/C12H16N3O5S/c1-13-3-4-14(7-13)6-8-11(12(17)20-2)15-9(16)5-10(15)21(8,18)19/h3-4,7-8,10-11H,5-6H2,1-2H3/q+1. The van der Waals surface area contributed by atoms with Crippen LogP contribution >= 0.6 is 0 Å². The van der Waals surface area contributed by atoms with Crippen molar-refractivity contribution in [1.29, 1.82) is 0 Å². The zero-order valence-electron chi connectivity index (χ0n) is 11.7. The van der Waals surface area contributed by atoms with E-state index < -0.39 is 32.5 Å². The topological polar surface area (TPSA) is 89.6 Å². The lowest BCUT2D eigenvalue weighted by Gasteiger charge is -2.35. The number of esters is 1. The average molecular weight is 314 g/mol. The largest absolute Gasteiger partial charge is 0.467 e. The minimum absolute atomic E-state index is 0.0498. The number of carbonyl (C=O) groups is 2. The third-order valence-electron chi connectivity index (χ3n) is 4.06. The summed E-state index contributed by atoms with van der Waals surface area (Å²) in [5.41, 5.74) is 0. The van der Waals surface area contributed by atoms with Crippen LogP contribution in [0.15, 0.2) is 18.7 Å². The van der Waals surface area contributed by atoms with E-state index in [4.69, 9.17) is 0 Å². The first kappa shape index (κ1) is 14.1. The number of ether oxygens (including phenoxy) is 1. The molecule has 1 aromatic rings. The Balaban J connectivity index is 1.98. The second kappa shape index (κ2) is 4.55. The molecule has 0 saturated carbocycles. The van der Waals surface area contributed by atoms with Crippen LogP contribution in [0.4, 0.5) is 0 Å². The summed E-state index contributed by atoms with van der Waals surface area (Å²) < 4.78 is 33.2. The molecule has 2 aliphatic heterocycles.